The summed E-state index contributed by atoms with van der Waals surface area (Å²) in [7, 11) is -3.19. The van der Waals surface area contributed by atoms with Gasteiger partial charge in [0.25, 0.3) is 11.5 Å². The van der Waals surface area contributed by atoms with Crippen molar-refractivity contribution >= 4 is 61.6 Å². The van der Waals surface area contributed by atoms with E-state index in [0.717, 1.165) is 17.3 Å². The predicted molar refractivity (Wildman–Crippen MR) is 144 cm³/mol. The van der Waals surface area contributed by atoms with Crippen molar-refractivity contribution in [2.75, 3.05) is 55.7 Å². The largest absolute Gasteiger partial charge is 0.395 e. The highest BCUT2D eigenvalue weighted by Gasteiger charge is 2.42. The van der Waals surface area contributed by atoms with E-state index in [0.29, 0.717) is 60.5 Å². The number of rotatable bonds is 5. The number of sulfone groups is 1. The number of thioether (sulfide) groups is 1. The molecule has 0 aliphatic carbocycles. The topological polar surface area (TPSA) is 116 Å². The van der Waals surface area contributed by atoms with Crippen LogP contribution in [0.3, 0.4) is 0 Å². The zero-order valence-electron chi connectivity index (χ0n) is 19.8. The first kappa shape index (κ1) is 25.3. The van der Waals surface area contributed by atoms with Crippen LogP contribution >= 0.6 is 24.0 Å². The fourth-order valence-electron chi connectivity index (χ4n) is 4.84. The normalized spacial score (nSPS) is 23.9. The summed E-state index contributed by atoms with van der Waals surface area (Å²) in [4.78, 5) is 37.7. The molecule has 2 aromatic rings. The van der Waals surface area contributed by atoms with Gasteiger partial charge in [0, 0.05) is 38.9 Å². The summed E-state index contributed by atoms with van der Waals surface area (Å²) in [6, 6.07) is 3.21. The molecule has 3 saturated heterocycles. The average Bonchev–Trinajstić information content (AvgIpc) is 3.33. The Labute approximate surface area is 218 Å². The van der Waals surface area contributed by atoms with Crippen LogP contribution in [0.5, 0.6) is 0 Å². The van der Waals surface area contributed by atoms with E-state index in [2.05, 4.69) is 4.90 Å². The standard InChI is InChI=1S/C23H27N5O5S3/c1-15-2-3-19-24-20(26-7-5-25(6-8-26)9-10-29)17(21(30)27(19)13-15)12-18-22(31)28(23(34)35-18)16-4-11-36(32,33)14-16/h2-3,12-13,16,29H,4-11,14H2,1H3. The van der Waals surface area contributed by atoms with Crippen molar-refractivity contribution in [3.8, 4) is 0 Å². The third kappa shape index (κ3) is 4.82. The summed E-state index contributed by atoms with van der Waals surface area (Å²) in [5.74, 6) is 0.0613. The molecule has 5 heterocycles. The minimum atomic E-state index is -3.19. The number of amides is 1. The number of aryl methyl sites for hydroxylation is 1. The van der Waals surface area contributed by atoms with Crippen molar-refractivity contribution < 1.29 is 18.3 Å². The molecule has 36 heavy (non-hydrogen) atoms. The van der Waals surface area contributed by atoms with E-state index in [1.165, 1.54) is 9.30 Å². The molecule has 1 atom stereocenters. The van der Waals surface area contributed by atoms with E-state index in [1.807, 2.05) is 17.9 Å². The van der Waals surface area contributed by atoms with Gasteiger partial charge in [-0.3, -0.25) is 23.8 Å². The van der Waals surface area contributed by atoms with Crippen molar-refractivity contribution in [3.63, 3.8) is 0 Å². The number of thiocarbonyl (C=S) groups is 1. The zero-order valence-corrected chi connectivity index (χ0v) is 22.2. The Morgan fingerprint density at radius 3 is 2.64 bits per heavy atom. The molecule has 0 saturated carbocycles. The zero-order chi connectivity index (χ0) is 25.6. The molecule has 13 heteroatoms. The van der Waals surface area contributed by atoms with Crippen LogP contribution in [0.1, 0.15) is 17.5 Å². The lowest BCUT2D eigenvalue weighted by Crippen LogP contribution is -2.48. The number of piperazine rings is 1. The molecule has 0 bridgehead atoms. The highest BCUT2D eigenvalue weighted by molar-refractivity contribution is 8.26. The van der Waals surface area contributed by atoms with Crippen LogP contribution < -0.4 is 10.5 Å². The number of anilines is 1. The van der Waals surface area contributed by atoms with Crippen molar-refractivity contribution in [3.05, 3.63) is 44.7 Å². The van der Waals surface area contributed by atoms with Crippen LogP contribution in [0.4, 0.5) is 5.82 Å². The summed E-state index contributed by atoms with van der Waals surface area (Å²) in [6.45, 7) is 5.24. The van der Waals surface area contributed by atoms with Gasteiger partial charge in [-0.1, -0.05) is 30.0 Å². The van der Waals surface area contributed by atoms with Gasteiger partial charge in [-0.05, 0) is 31.1 Å². The highest BCUT2D eigenvalue weighted by Crippen LogP contribution is 2.37. The average molecular weight is 550 g/mol. The van der Waals surface area contributed by atoms with Crippen molar-refractivity contribution in [1.29, 1.82) is 0 Å². The minimum Gasteiger partial charge on any atom is -0.395 e. The van der Waals surface area contributed by atoms with E-state index in [4.69, 9.17) is 17.2 Å². The van der Waals surface area contributed by atoms with E-state index >= 15 is 0 Å². The quantitative estimate of drug-likeness (QED) is 0.418. The molecule has 0 spiro atoms. The van der Waals surface area contributed by atoms with Crippen LogP contribution in [-0.2, 0) is 14.6 Å². The Hall–Kier alpha value is -2.32. The second kappa shape index (κ2) is 9.86. The molecule has 3 fully saturated rings. The lowest BCUT2D eigenvalue weighted by atomic mass is 10.2. The number of β-amino-alcohol motifs (C(OH)–C–C–N with tert-alkyl or cyclic N) is 1. The second-order valence-corrected chi connectivity index (χ2v) is 13.2. The monoisotopic (exact) mass is 549 g/mol. The molecule has 2 aromatic heterocycles. The first-order valence-corrected chi connectivity index (χ1v) is 14.8. The van der Waals surface area contributed by atoms with Crippen LogP contribution in [-0.4, -0.2) is 99.8 Å². The molecule has 1 N–H and O–H groups in total. The van der Waals surface area contributed by atoms with E-state index in [9.17, 15) is 23.1 Å². The van der Waals surface area contributed by atoms with E-state index < -0.39 is 15.9 Å². The smallest absolute Gasteiger partial charge is 0.267 e. The van der Waals surface area contributed by atoms with Gasteiger partial charge in [0.2, 0.25) is 0 Å². The maximum atomic E-state index is 13.7. The number of pyridine rings is 1. The number of aliphatic hydroxyl groups excluding tert-OH is 1. The van der Waals surface area contributed by atoms with Gasteiger partial charge in [-0.15, -0.1) is 0 Å². The second-order valence-electron chi connectivity index (χ2n) is 9.25. The Morgan fingerprint density at radius 1 is 1.22 bits per heavy atom. The van der Waals surface area contributed by atoms with Gasteiger partial charge < -0.3 is 10.0 Å². The number of carbonyl (C=O) groups is 1. The number of aromatic nitrogens is 2. The predicted octanol–water partition coefficient (Wildman–Crippen LogP) is 0.506. The molecule has 1 unspecified atom stereocenters. The Bertz CT molecular complexity index is 1430. The molecule has 3 aliphatic rings. The van der Waals surface area contributed by atoms with Crippen molar-refractivity contribution in [2.45, 2.75) is 19.4 Å². The van der Waals surface area contributed by atoms with Crippen LogP contribution in [0.25, 0.3) is 11.7 Å². The number of carbonyl (C=O) groups excluding carboxylic acids is 1. The first-order valence-electron chi connectivity index (χ1n) is 11.8. The first-order chi connectivity index (χ1) is 17.2. The Balaban J connectivity index is 1.55. The fourth-order valence-corrected chi connectivity index (χ4v) is 7.93. The summed E-state index contributed by atoms with van der Waals surface area (Å²) >= 11 is 6.53. The molecule has 5 rings (SSSR count). The molecular formula is C23H27N5O5S3. The van der Waals surface area contributed by atoms with Crippen molar-refractivity contribution in [2.24, 2.45) is 0 Å². The molecule has 192 valence electrons. The van der Waals surface area contributed by atoms with Gasteiger partial charge in [-0.25, -0.2) is 13.4 Å². The molecule has 10 nitrogen and oxygen atoms in total. The van der Waals surface area contributed by atoms with Gasteiger partial charge in [0.15, 0.2) is 9.84 Å². The molecular weight excluding hydrogens is 522 g/mol. The highest BCUT2D eigenvalue weighted by atomic mass is 32.2. The number of fused-ring (bicyclic) bond motifs is 1. The van der Waals surface area contributed by atoms with Gasteiger partial charge in [0.1, 0.15) is 15.8 Å². The van der Waals surface area contributed by atoms with Crippen LogP contribution in [0, 0.1) is 6.92 Å². The van der Waals surface area contributed by atoms with Gasteiger partial charge in [-0.2, -0.15) is 0 Å². The lowest BCUT2D eigenvalue weighted by molar-refractivity contribution is -0.123. The van der Waals surface area contributed by atoms with Crippen LogP contribution in [0.2, 0.25) is 0 Å². The number of hydrogen-bond acceptors (Lipinski definition) is 10. The third-order valence-corrected chi connectivity index (χ3v) is 9.83. The minimum absolute atomic E-state index is 0.0372. The third-order valence-electron chi connectivity index (χ3n) is 6.75. The lowest BCUT2D eigenvalue weighted by Gasteiger charge is -2.35. The number of aliphatic hydroxyl groups is 1. The summed E-state index contributed by atoms with van der Waals surface area (Å²) in [6.07, 6.45) is 3.63. The Kier molecular flexibility index (Phi) is 6.94. The number of nitrogens with zero attached hydrogens (tertiary/aromatic N) is 5. The van der Waals surface area contributed by atoms with Crippen molar-refractivity contribution in [1.82, 2.24) is 19.2 Å². The van der Waals surface area contributed by atoms with Gasteiger partial charge >= 0.3 is 0 Å². The maximum absolute atomic E-state index is 13.7. The maximum Gasteiger partial charge on any atom is 0.267 e. The van der Waals surface area contributed by atoms with E-state index in [1.54, 1.807) is 18.3 Å². The fraction of sp³-hybridized carbons (Fsp3) is 0.478. The SMILES string of the molecule is Cc1ccc2nc(N3CCN(CCO)CC3)c(C=C3SC(=S)N(C4CCS(=O)(=O)C4)C3=O)c(=O)n2c1. The summed E-state index contributed by atoms with van der Waals surface area (Å²) in [5.41, 5.74) is 1.43. The molecule has 0 radical (unpaired) electrons. The molecule has 3 aliphatic heterocycles. The molecule has 0 aromatic carbocycles. The summed E-state index contributed by atoms with van der Waals surface area (Å²) < 4.78 is 25.8. The van der Waals surface area contributed by atoms with Crippen LogP contribution in [0.15, 0.2) is 28.0 Å². The molecule has 1 amide bonds. The Morgan fingerprint density at radius 2 is 1.97 bits per heavy atom. The van der Waals surface area contributed by atoms with E-state index in [-0.39, 0.29) is 34.5 Å². The number of hydrogen-bond donors (Lipinski definition) is 1. The summed E-state index contributed by atoms with van der Waals surface area (Å²) in [5, 5.41) is 9.26. The van der Waals surface area contributed by atoms with Gasteiger partial charge in [0.05, 0.1) is 34.6 Å².